The Hall–Kier alpha value is -0.593. The summed E-state index contributed by atoms with van der Waals surface area (Å²) in [6.07, 6.45) is -4.54. The molecule has 0 bridgehead atoms. The molecule has 7 heteroatoms. The largest absolute Gasteiger partial charge is 0.466 e. The summed E-state index contributed by atoms with van der Waals surface area (Å²) in [5.74, 6) is -5.65. The van der Waals surface area contributed by atoms with Crippen LogP contribution in [0.1, 0.15) is 27.2 Å². The Balaban J connectivity index is 5.03. The molecule has 0 aliphatic carbocycles. The van der Waals surface area contributed by atoms with Crippen LogP contribution in [0.3, 0.4) is 0 Å². The quantitative estimate of drug-likeness (QED) is 0.409. The van der Waals surface area contributed by atoms with Gasteiger partial charge in [-0.15, -0.1) is 0 Å². The lowest BCUT2D eigenvalue weighted by Gasteiger charge is -2.32. The van der Waals surface area contributed by atoms with Crippen LogP contribution in [-0.2, 0) is 9.53 Å². The molecule has 0 atom stereocenters. The van der Waals surface area contributed by atoms with Crippen molar-refractivity contribution in [2.75, 3.05) is 0 Å². The zero-order chi connectivity index (χ0) is 15.7. The first-order valence-electron chi connectivity index (χ1n) is 6.14. The summed E-state index contributed by atoms with van der Waals surface area (Å²) in [6.45, 7) is 9.00. The third-order valence-corrected chi connectivity index (χ3v) is 4.34. The number of alkyl halides is 4. The molecule has 0 unspecified atom stereocenters. The molecular formula is C12H22F4O2Si. The van der Waals surface area contributed by atoms with Crippen molar-refractivity contribution in [2.45, 2.75) is 64.9 Å². The van der Waals surface area contributed by atoms with Crippen LogP contribution < -0.4 is 0 Å². The monoisotopic (exact) mass is 302 g/mol. The number of esters is 1. The van der Waals surface area contributed by atoms with E-state index in [2.05, 4.69) is 4.74 Å². The zero-order valence-corrected chi connectivity index (χ0v) is 13.2. The molecule has 114 valence electrons. The normalized spacial score (nSPS) is 14.4. The van der Waals surface area contributed by atoms with Crippen LogP contribution in [0.5, 0.6) is 0 Å². The van der Waals surface area contributed by atoms with E-state index in [1.54, 1.807) is 26.6 Å². The van der Waals surface area contributed by atoms with Crippen molar-refractivity contribution < 1.29 is 27.1 Å². The van der Waals surface area contributed by atoms with Crippen LogP contribution in [-0.4, -0.2) is 26.1 Å². The van der Waals surface area contributed by atoms with E-state index in [1.165, 1.54) is 13.8 Å². The lowest BCUT2D eigenvalue weighted by molar-refractivity contribution is -0.328. The lowest BCUT2D eigenvalue weighted by Crippen LogP contribution is -2.49. The van der Waals surface area contributed by atoms with Crippen molar-refractivity contribution in [3.8, 4) is 0 Å². The van der Waals surface area contributed by atoms with Crippen LogP contribution in [0.4, 0.5) is 17.6 Å². The first-order chi connectivity index (χ1) is 8.15. The molecule has 0 spiro atoms. The van der Waals surface area contributed by atoms with Gasteiger partial charge in [-0.1, -0.05) is 26.6 Å². The van der Waals surface area contributed by atoms with Gasteiger partial charge in [0.05, 0.1) is 13.5 Å². The maximum absolute atomic E-state index is 13.6. The Morgan fingerprint density at radius 1 is 1.11 bits per heavy atom. The second-order valence-electron chi connectivity index (χ2n) is 6.59. The molecule has 0 fully saturated rings. The number of ether oxygens (including phenoxy) is 1. The molecule has 0 aliphatic rings. The van der Waals surface area contributed by atoms with Crippen LogP contribution in [0.25, 0.3) is 0 Å². The van der Waals surface area contributed by atoms with Crippen molar-refractivity contribution in [3.05, 3.63) is 0 Å². The van der Waals surface area contributed by atoms with Crippen LogP contribution in [0.2, 0.25) is 25.7 Å². The number of hydrogen-bond donors (Lipinski definition) is 0. The zero-order valence-electron chi connectivity index (χ0n) is 12.2. The second kappa shape index (κ2) is 5.42. The molecule has 0 aromatic heterocycles. The Morgan fingerprint density at radius 3 is 1.84 bits per heavy atom. The smallest absolute Gasteiger partial charge is 0.396 e. The van der Waals surface area contributed by atoms with Gasteiger partial charge in [-0.05, 0) is 20.3 Å². The topological polar surface area (TPSA) is 26.3 Å². The summed E-state index contributed by atoms with van der Waals surface area (Å²) >= 11 is 0. The fourth-order valence-corrected chi connectivity index (χ4v) is 2.78. The Labute approximate surface area is 112 Å². The highest BCUT2D eigenvalue weighted by Crippen LogP contribution is 2.42. The Morgan fingerprint density at radius 2 is 1.53 bits per heavy atom. The Bertz CT molecular complexity index is 335. The number of hydrogen-bond acceptors (Lipinski definition) is 2. The fraction of sp³-hybridized carbons (Fsp3) is 0.917. The van der Waals surface area contributed by atoms with E-state index < -0.39 is 37.5 Å². The minimum absolute atomic E-state index is 0.224. The van der Waals surface area contributed by atoms with E-state index in [0.717, 1.165) is 0 Å². The molecular weight excluding hydrogens is 280 g/mol. The molecule has 19 heavy (non-hydrogen) atoms. The maximum Gasteiger partial charge on any atom is 0.466 e. The SMILES string of the molecule is CCC(C)(C)C(=O)OC(F)(F)C(F)(F)C[Si](C)(C)C. The van der Waals surface area contributed by atoms with Crippen LogP contribution >= 0.6 is 0 Å². The standard InChI is InChI=1S/C12H22F4O2Si/c1-7-10(2,3)9(17)18-12(15,16)11(13,14)8-19(4,5)6/h7-8H2,1-6H3. The molecule has 0 aromatic carbocycles. The summed E-state index contributed by atoms with van der Waals surface area (Å²) in [5.41, 5.74) is -1.21. The number of carbonyl (C=O) groups is 1. The van der Waals surface area contributed by atoms with E-state index in [9.17, 15) is 22.4 Å². The average molecular weight is 302 g/mol. The molecule has 0 N–H and O–H groups in total. The molecule has 2 nitrogen and oxygen atoms in total. The van der Waals surface area contributed by atoms with E-state index >= 15 is 0 Å². The van der Waals surface area contributed by atoms with Crippen molar-refractivity contribution in [2.24, 2.45) is 5.41 Å². The predicted octanol–water partition coefficient (Wildman–Crippen LogP) is 4.53. The van der Waals surface area contributed by atoms with Gasteiger partial charge in [-0.2, -0.15) is 17.6 Å². The summed E-state index contributed by atoms with van der Waals surface area (Å²) < 4.78 is 57.9. The van der Waals surface area contributed by atoms with Crippen molar-refractivity contribution in [3.63, 3.8) is 0 Å². The van der Waals surface area contributed by atoms with Gasteiger partial charge in [0.2, 0.25) is 0 Å². The van der Waals surface area contributed by atoms with Gasteiger partial charge in [0.1, 0.15) is 0 Å². The summed E-state index contributed by atoms with van der Waals surface area (Å²) in [7, 11) is -2.43. The highest BCUT2D eigenvalue weighted by Gasteiger charge is 2.62. The van der Waals surface area contributed by atoms with Gasteiger partial charge >= 0.3 is 18.0 Å². The third kappa shape index (κ3) is 5.12. The molecule has 0 heterocycles. The molecule has 0 saturated heterocycles. The average Bonchev–Trinajstić information content (AvgIpc) is 2.12. The summed E-state index contributed by atoms with van der Waals surface area (Å²) in [6, 6.07) is -0.938. The van der Waals surface area contributed by atoms with Crippen LogP contribution in [0, 0.1) is 5.41 Å². The molecule has 0 amide bonds. The van der Waals surface area contributed by atoms with Crippen molar-refractivity contribution >= 4 is 14.0 Å². The first-order valence-corrected chi connectivity index (χ1v) is 9.84. The first kappa shape index (κ1) is 18.4. The predicted molar refractivity (Wildman–Crippen MR) is 68.2 cm³/mol. The molecule has 0 aliphatic heterocycles. The minimum atomic E-state index is -4.77. The van der Waals surface area contributed by atoms with Gasteiger partial charge in [-0.3, -0.25) is 4.79 Å². The fourth-order valence-electron chi connectivity index (χ4n) is 1.24. The van der Waals surface area contributed by atoms with Gasteiger partial charge < -0.3 is 4.74 Å². The maximum atomic E-state index is 13.6. The number of carbonyl (C=O) groups excluding carboxylic acids is 1. The third-order valence-electron chi connectivity index (χ3n) is 2.84. The molecule has 0 aromatic rings. The summed E-state index contributed by atoms with van der Waals surface area (Å²) in [4.78, 5) is 11.5. The van der Waals surface area contributed by atoms with E-state index in [1.807, 2.05) is 0 Å². The van der Waals surface area contributed by atoms with Gasteiger partial charge in [0.15, 0.2) is 0 Å². The molecule has 0 rings (SSSR count). The molecule has 0 radical (unpaired) electrons. The Kier molecular flexibility index (Phi) is 5.25. The van der Waals surface area contributed by atoms with E-state index in [0.29, 0.717) is 0 Å². The highest BCUT2D eigenvalue weighted by atomic mass is 28.3. The molecule has 0 saturated carbocycles. The highest BCUT2D eigenvalue weighted by molar-refractivity contribution is 6.76. The van der Waals surface area contributed by atoms with E-state index in [4.69, 9.17) is 0 Å². The van der Waals surface area contributed by atoms with Crippen LogP contribution in [0.15, 0.2) is 0 Å². The summed E-state index contributed by atoms with van der Waals surface area (Å²) in [5, 5.41) is 0. The lowest BCUT2D eigenvalue weighted by atomic mass is 9.91. The van der Waals surface area contributed by atoms with E-state index in [-0.39, 0.29) is 6.42 Å². The number of rotatable bonds is 6. The van der Waals surface area contributed by atoms with Crippen molar-refractivity contribution in [1.29, 1.82) is 0 Å². The second-order valence-corrected chi connectivity index (χ2v) is 12.1. The number of halogens is 4. The van der Waals surface area contributed by atoms with Crippen molar-refractivity contribution in [1.82, 2.24) is 0 Å². The van der Waals surface area contributed by atoms with Gasteiger partial charge in [-0.25, -0.2) is 0 Å². The minimum Gasteiger partial charge on any atom is -0.396 e. The van der Waals surface area contributed by atoms with Gasteiger partial charge in [0.25, 0.3) is 0 Å². The van der Waals surface area contributed by atoms with Gasteiger partial charge in [0, 0.05) is 6.04 Å².